The minimum atomic E-state index is -0.618. The molecule has 2 aromatic rings. The summed E-state index contributed by atoms with van der Waals surface area (Å²) in [5, 5.41) is 23.1. The number of nitrogens with one attached hydrogen (secondary N) is 1. The van der Waals surface area contributed by atoms with Gasteiger partial charge in [0, 0.05) is 25.1 Å². The maximum atomic E-state index is 12.6. The molecule has 0 aromatic heterocycles. The van der Waals surface area contributed by atoms with E-state index in [0.717, 1.165) is 23.8 Å². The highest BCUT2D eigenvalue weighted by molar-refractivity contribution is 8.26. The van der Waals surface area contributed by atoms with Crippen LogP contribution in [0.2, 0.25) is 0 Å². The van der Waals surface area contributed by atoms with Crippen LogP contribution in [0.25, 0.3) is 6.08 Å². The Morgan fingerprint density at radius 1 is 1.25 bits per heavy atom. The van der Waals surface area contributed by atoms with Crippen LogP contribution in [-0.2, 0) is 9.59 Å². The summed E-state index contributed by atoms with van der Waals surface area (Å²) in [6, 6.07) is 13.1. The summed E-state index contributed by atoms with van der Waals surface area (Å²) in [6.45, 7) is 0.263. The summed E-state index contributed by atoms with van der Waals surface area (Å²) in [5.74, 6) is -0.920. The predicted molar refractivity (Wildman–Crippen MR) is 128 cm³/mol. The van der Waals surface area contributed by atoms with Gasteiger partial charge in [0.2, 0.25) is 5.91 Å². The number of allylic oxidation sites excluding steroid dienone is 2. The van der Waals surface area contributed by atoms with Crippen molar-refractivity contribution in [1.82, 2.24) is 4.90 Å². The van der Waals surface area contributed by atoms with Gasteiger partial charge in [-0.3, -0.25) is 24.6 Å². The first-order valence-corrected chi connectivity index (χ1v) is 10.8. The minimum absolute atomic E-state index is 0.0389. The van der Waals surface area contributed by atoms with Gasteiger partial charge in [-0.05, 0) is 24.1 Å². The highest BCUT2D eigenvalue weighted by Gasteiger charge is 2.31. The molecule has 164 valence electrons. The number of benzene rings is 2. The number of aromatic hydroxyl groups is 1. The summed E-state index contributed by atoms with van der Waals surface area (Å²) >= 11 is 6.49. The van der Waals surface area contributed by atoms with Gasteiger partial charge in [-0.2, -0.15) is 0 Å². The normalized spacial score (nSPS) is 15.0. The van der Waals surface area contributed by atoms with Crippen molar-refractivity contribution in [3.05, 3.63) is 81.3 Å². The molecule has 1 saturated heterocycles. The van der Waals surface area contributed by atoms with Gasteiger partial charge in [-0.15, -0.1) is 0 Å². The topological polar surface area (TPSA) is 113 Å². The molecule has 0 radical (unpaired) electrons. The van der Waals surface area contributed by atoms with Gasteiger partial charge in [-0.1, -0.05) is 66.5 Å². The number of rotatable bonds is 8. The lowest BCUT2D eigenvalue weighted by Crippen LogP contribution is -2.29. The molecular formula is C22H19N3O5S2. The number of hydrogen-bond donors (Lipinski definition) is 2. The molecule has 2 N–H and O–H groups in total. The van der Waals surface area contributed by atoms with E-state index < -0.39 is 10.8 Å². The Bertz CT molecular complexity index is 1120. The zero-order valence-corrected chi connectivity index (χ0v) is 18.4. The number of phenolic OH excluding ortho intramolecular Hbond substituents is 1. The molecule has 0 bridgehead atoms. The summed E-state index contributed by atoms with van der Waals surface area (Å²) in [5.41, 5.74) is 0.728. The lowest BCUT2D eigenvalue weighted by atomic mass is 10.2. The van der Waals surface area contributed by atoms with Crippen molar-refractivity contribution in [3.8, 4) is 5.75 Å². The van der Waals surface area contributed by atoms with Crippen molar-refractivity contribution in [1.29, 1.82) is 0 Å². The molecule has 32 heavy (non-hydrogen) atoms. The fraction of sp³-hybridized carbons (Fsp3) is 0.136. The summed E-state index contributed by atoms with van der Waals surface area (Å²) in [7, 11) is 0. The average Bonchev–Trinajstić information content (AvgIpc) is 3.03. The van der Waals surface area contributed by atoms with Crippen molar-refractivity contribution < 1.29 is 19.6 Å². The Labute approximate surface area is 193 Å². The van der Waals surface area contributed by atoms with Crippen LogP contribution in [0.5, 0.6) is 5.75 Å². The average molecular weight is 470 g/mol. The van der Waals surface area contributed by atoms with Gasteiger partial charge in [-0.25, -0.2) is 0 Å². The molecule has 10 heteroatoms. The highest BCUT2D eigenvalue weighted by atomic mass is 32.2. The molecule has 1 heterocycles. The van der Waals surface area contributed by atoms with Crippen LogP contribution in [0.1, 0.15) is 18.4 Å². The van der Waals surface area contributed by atoms with Gasteiger partial charge in [0.05, 0.1) is 15.5 Å². The first kappa shape index (κ1) is 23.2. The van der Waals surface area contributed by atoms with Crippen LogP contribution >= 0.6 is 24.0 Å². The second-order valence-corrected chi connectivity index (χ2v) is 8.41. The van der Waals surface area contributed by atoms with E-state index in [0.29, 0.717) is 15.6 Å². The third-order valence-corrected chi connectivity index (χ3v) is 5.86. The number of carbonyl (C=O) groups is 2. The number of nitrogens with zero attached hydrogens (tertiary/aromatic N) is 2. The van der Waals surface area contributed by atoms with E-state index in [2.05, 4.69) is 5.32 Å². The zero-order chi connectivity index (χ0) is 23.1. The standard InChI is InChI=1S/C22H19N3O5S2/c26-18-12-11-16(25(29)30)14-17(18)23-20(27)10-5-13-24-21(28)19(32-22(24)31)9-4-8-15-6-2-1-3-7-15/h1-4,6-9,11-12,14,26H,5,10,13H2,(H,23,27). The maximum absolute atomic E-state index is 12.6. The summed E-state index contributed by atoms with van der Waals surface area (Å²) in [6.07, 6.45) is 5.78. The molecule has 2 amide bonds. The number of nitro groups is 1. The van der Waals surface area contributed by atoms with E-state index in [1.807, 2.05) is 36.4 Å². The van der Waals surface area contributed by atoms with E-state index in [9.17, 15) is 24.8 Å². The summed E-state index contributed by atoms with van der Waals surface area (Å²) in [4.78, 5) is 36.9. The van der Waals surface area contributed by atoms with Crippen LogP contribution in [0.4, 0.5) is 11.4 Å². The van der Waals surface area contributed by atoms with E-state index in [1.54, 1.807) is 12.2 Å². The maximum Gasteiger partial charge on any atom is 0.271 e. The van der Waals surface area contributed by atoms with E-state index in [-0.39, 0.29) is 36.0 Å². The van der Waals surface area contributed by atoms with E-state index in [4.69, 9.17) is 12.2 Å². The number of thioether (sulfide) groups is 1. The van der Waals surface area contributed by atoms with Gasteiger partial charge in [0.15, 0.2) is 0 Å². The smallest absolute Gasteiger partial charge is 0.271 e. The SMILES string of the molecule is O=C(CCCN1C(=O)C(=CC=Cc2ccccc2)SC1=S)Nc1cc([N+](=O)[O-])ccc1O. The lowest BCUT2D eigenvalue weighted by Gasteiger charge is -2.14. The molecule has 1 fully saturated rings. The van der Waals surface area contributed by atoms with Crippen molar-refractivity contribution >= 4 is 57.6 Å². The van der Waals surface area contributed by atoms with E-state index in [1.165, 1.54) is 16.7 Å². The first-order chi connectivity index (χ1) is 15.3. The zero-order valence-electron chi connectivity index (χ0n) is 16.8. The van der Waals surface area contributed by atoms with Crippen molar-refractivity contribution in [2.75, 3.05) is 11.9 Å². The molecule has 0 saturated carbocycles. The Kier molecular flexibility index (Phi) is 7.74. The lowest BCUT2D eigenvalue weighted by molar-refractivity contribution is -0.384. The van der Waals surface area contributed by atoms with Crippen LogP contribution in [0.3, 0.4) is 0 Å². The fourth-order valence-electron chi connectivity index (χ4n) is 2.87. The monoisotopic (exact) mass is 469 g/mol. The second kappa shape index (κ2) is 10.7. The second-order valence-electron chi connectivity index (χ2n) is 6.74. The quantitative estimate of drug-likeness (QED) is 0.193. The molecule has 8 nitrogen and oxygen atoms in total. The number of carbonyl (C=O) groups excluding carboxylic acids is 2. The molecule has 0 aliphatic carbocycles. The molecule has 2 aromatic carbocycles. The first-order valence-electron chi connectivity index (χ1n) is 9.59. The van der Waals surface area contributed by atoms with Crippen LogP contribution < -0.4 is 5.32 Å². The Balaban J connectivity index is 1.52. The van der Waals surface area contributed by atoms with Gasteiger partial charge < -0.3 is 10.4 Å². The molecular weight excluding hydrogens is 450 g/mol. The molecule has 0 spiro atoms. The largest absolute Gasteiger partial charge is 0.506 e. The van der Waals surface area contributed by atoms with Crippen LogP contribution in [-0.4, -0.2) is 37.6 Å². The molecule has 0 atom stereocenters. The molecule has 1 aliphatic rings. The van der Waals surface area contributed by atoms with Crippen molar-refractivity contribution in [2.24, 2.45) is 0 Å². The van der Waals surface area contributed by atoms with Gasteiger partial charge in [0.25, 0.3) is 11.6 Å². The van der Waals surface area contributed by atoms with Crippen molar-refractivity contribution in [2.45, 2.75) is 12.8 Å². The molecule has 3 rings (SSSR count). The van der Waals surface area contributed by atoms with Crippen molar-refractivity contribution in [3.63, 3.8) is 0 Å². The number of thiocarbonyl (C=S) groups is 1. The number of anilines is 1. The number of nitro benzene ring substituents is 1. The Hall–Kier alpha value is -3.50. The Morgan fingerprint density at radius 2 is 2.00 bits per heavy atom. The predicted octanol–water partition coefficient (Wildman–Crippen LogP) is 4.48. The highest BCUT2D eigenvalue weighted by Crippen LogP contribution is 2.31. The van der Waals surface area contributed by atoms with Gasteiger partial charge >= 0.3 is 0 Å². The number of non-ortho nitro benzene ring substituents is 1. The molecule has 0 unspecified atom stereocenters. The van der Waals surface area contributed by atoms with Gasteiger partial charge in [0.1, 0.15) is 10.1 Å². The third kappa shape index (κ3) is 6.02. The number of phenols is 1. The number of hydrogen-bond acceptors (Lipinski definition) is 7. The van der Waals surface area contributed by atoms with Crippen LogP contribution in [0.15, 0.2) is 65.6 Å². The molecule has 1 aliphatic heterocycles. The van der Waals surface area contributed by atoms with E-state index >= 15 is 0 Å². The summed E-state index contributed by atoms with van der Waals surface area (Å²) < 4.78 is 0.422. The number of amides is 2. The fourth-order valence-corrected chi connectivity index (χ4v) is 4.13. The minimum Gasteiger partial charge on any atom is -0.506 e. The third-order valence-electron chi connectivity index (χ3n) is 4.46. The Morgan fingerprint density at radius 3 is 2.72 bits per heavy atom. The van der Waals surface area contributed by atoms with Crippen LogP contribution in [0, 0.1) is 10.1 Å².